The van der Waals surface area contributed by atoms with E-state index in [1.807, 2.05) is 0 Å². The summed E-state index contributed by atoms with van der Waals surface area (Å²) in [5.74, 6) is 0.0528. The Morgan fingerprint density at radius 3 is 1.60 bits per heavy atom. The Morgan fingerprint density at radius 1 is 0.767 bits per heavy atom. The van der Waals surface area contributed by atoms with E-state index in [0.29, 0.717) is 0 Å². The van der Waals surface area contributed by atoms with Crippen molar-refractivity contribution in [3.05, 3.63) is 86.0 Å². The molecule has 0 aliphatic rings. The SMILES string of the molecule is O=[N+]([O-])c1ccc(O)c(/C=N/c2cccc(/N=C/c3cc([N+](=O)[O-])ccc3O)n2)c1. The smallest absolute Gasteiger partial charge is 0.270 e. The number of nitro groups is 2. The Balaban J connectivity index is 1.84. The minimum absolute atomic E-state index is 0.140. The van der Waals surface area contributed by atoms with Crippen LogP contribution in [0.4, 0.5) is 23.0 Å². The predicted octanol–water partition coefficient (Wildman–Crippen LogP) is 3.81. The summed E-state index contributed by atoms with van der Waals surface area (Å²) in [5.41, 5.74) is -0.113. The van der Waals surface area contributed by atoms with Crippen LogP contribution >= 0.6 is 0 Å². The summed E-state index contributed by atoms with van der Waals surface area (Å²) in [7, 11) is 0. The zero-order valence-electron chi connectivity index (χ0n) is 15.1. The van der Waals surface area contributed by atoms with E-state index in [9.17, 15) is 30.4 Å². The summed E-state index contributed by atoms with van der Waals surface area (Å²) in [5, 5.41) is 41.3. The number of pyridine rings is 1. The van der Waals surface area contributed by atoms with Crippen LogP contribution in [0, 0.1) is 20.2 Å². The van der Waals surface area contributed by atoms with Gasteiger partial charge in [0, 0.05) is 47.8 Å². The number of phenolic OH excluding ortho intramolecular Hbond substituents is 2. The van der Waals surface area contributed by atoms with E-state index >= 15 is 0 Å². The fourth-order valence-electron chi connectivity index (χ4n) is 2.35. The molecule has 0 amide bonds. The molecule has 150 valence electrons. The lowest BCUT2D eigenvalue weighted by molar-refractivity contribution is -0.385. The van der Waals surface area contributed by atoms with Crippen molar-refractivity contribution < 1.29 is 20.1 Å². The van der Waals surface area contributed by atoms with E-state index in [-0.39, 0.29) is 45.6 Å². The van der Waals surface area contributed by atoms with Gasteiger partial charge in [0.25, 0.3) is 11.4 Å². The first-order chi connectivity index (χ1) is 14.3. The van der Waals surface area contributed by atoms with E-state index in [1.54, 1.807) is 18.2 Å². The largest absolute Gasteiger partial charge is 0.507 e. The quantitative estimate of drug-likeness (QED) is 0.356. The molecule has 0 bridgehead atoms. The molecule has 0 fully saturated rings. The fourth-order valence-corrected chi connectivity index (χ4v) is 2.35. The fraction of sp³-hybridized carbons (Fsp3) is 0. The van der Waals surface area contributed by atoms with Crippen LogP contribution in [0.5, 0.6) is 11.5 Å². The second kappa shape index (κ2) is 8.56. The van der Waals surface area contributed by atoms with Crippen molar-refractivity contribution in [2.24, 2.45) is 9.98 Å². The number of aromatic nitrogens is 1. The first kappa shape index (κ1) is 20.1. The first-order valence-electron chi connectivity index (χ1n) is 8.33. The van der Waals surface area contributed by atoms with Gasteiger partial charge in [0.2, 0.25) is 0 Å². The monoisotopic (exact) mass is 407 g/mol. The van der Waals surface area contributed by atoms with Gasteiger partial charge in [0.1, 0.15) is 11.5 Å². The molecule has 30 heavy (non-hydrogen) atoms. The topological polar surface area (TPSA) is 164 Å². The van der Waals surface area contributed by atoms with Crippen LogP contribution < -0.4 is 0 Å². The van der Waals surface area contributed by atoms with Crippen LogP contribution in [0.3, 0.4) is 0 Å². The Bertz CT molecular complexity index is 1100. The molecule has 1 aromatic heterocycles. The molecule has 0 saturated heterocycles. The molecule has 0 spiro atoms. The van der Waals surface area contributed by atoms with E-state index in [0.717, 1.165) is 0 Å². The van der Waals surface area contributed by atoms with Crippen LogP contribution in [0.25, 0.3) is 0 Å². The number of non-ortho nitro benzene ring substituents is 2. The maximum Gasteiger partial charge on any atom is 0.270 e. The second-order valence-electron chi connectivity index (χ2n) is 5.87. The molecular weight excluding hydrogens is 394 g/mol. The molecule has 3 rings (SSSR count). The standard InChI is InChI=1S/C19H13N5O6/c25-16-6-4-14(23(27)28)8-12(16)10-20-18-2-1-3-19(22-18)21-11-13-9-15(24(29)30)5-7-17(13)26/h1-11,25-26H/b20-10+,21-11+. The first-order valence-corrected chi connectivity index (χ1v) is 8.33. The summed E-state index contributed by atoms with van der Waals surface area (Å²) in [6.07, 6.45) is 2.45. The highest BCUT2D eigenvalue weighted by atomic mass is 16.6. The highest BCUT2D eigenvalue weighted by molar-refractivity contribution is 5.87. The molecule has 0 aliphatic carbocycles. The average molecular weight is 407 g/mol. The van der Waals surface area contributed by atoms with Gasteiger partial charge in [0.15, 0.2) is 11.6 Å². The van der Waals surface area contributed by atoms with Gasteiger partial charge in [-0.2, -0.15) is 0 Å². The van der Waals surface area contributed by atoms with Crippen LogP contribution in [0.1, 0.15) is 11.1 Å². The second-order valence-corrected chi connectivity index (χ2v) is 5.87. The normalized spacial score (nSPS) is 11.2. The molecule has 11 heteroatoms. The summed E-state index contributed by atoms with van der Waals surface area (Å²) >= 11 is 0. The van der Waals surface area contributed by atoms with Crippen LogP contribution in [0.2, 0.25) is 0 Å². The van der Waals surface area contributed by atoms with E-state index in [2.05, 4.69) is 15.0 Å². The van der Waals surface area contributed by atoms with Crippen molar-refractivity contribution >= 4 is 35.4 Å². The van der Waals surface area contributed by atoms with Gasteiger partial charge in [-0.3, -0.25) is 20.2 Å². The lowest BCUT2D eigenvalue weighted by Crippen LogP contribution is -1.91. The van der Waals surface area contributed by atoms with Crippen LogP contribution in [0.15, 0.2) is 64.6 Å². The van der Waals surface area contributed by atoms with E-state index < -0.39 is 9.85 Å². The maximum absolute atomic E-state index is 10.9. The van der Waals surface area contributed by atoms with Gasteiger partial charge in [-0.15, -0.1) is 0 Å². The third-order valence-corrected chi connectivity index (χ3v) is 3.84. The number of aliphatic imine (C=N–C) groups is 2. The number of hydrogen-bond acceptors (Lipinski definition) is 9. The Labute approximate surface area is 168 Å². The number of hydrogen-bond donors (Lipinski definition) is 2. The zero-order chi connectivity index (χ0) is 21.7. The Hall–Kier alpha value is -4.67. The molecule has 0 atom stereocenters. The van der Waals surface area contributed by atoms with Crippen molar-refractivity contribution in [3.63, 3.8) is 0 Å². The van der Waals surface area contributed by atoms with Crippen molar-refractivity contribution in [2.75, 3.05) is 0 Å². The maximum atomic E-state index is 10.9. The number of nitro benzene ring substituents is 2. The van der Waals surface area contributed by atoms with Gasteiger partial charge in [-0.05, 0) is 24.3 Å². The molecule has 0 unspecified atom stereocenters. The van der Waals surface area contributed by atoms with E-state index in [1.165, 1.54) is 48.8 Å². The Kier molecular flexibility index (Phi) is 5.73. The summed E-state index contributed by atoms with van der Waals surface area (Å²) in [6.45, 7) is 0. The number of nitrogens with zero attached hydrogens (tertiary/aromatic N) is 5. The van der Waals surface area contributed by atoms with Gasteiger partial charge in [-0.1, -0.05) is 6.07 Å². The van der Waals surface area contributed by atoms with Crippen molar-refractivity contribution in [2.45, 2.75) is 0 Å². The minimum atomic E-state index is -0.590. The van der Waals surface area contributed by atoms with Gasteiger partial charge in [0.05, 0.1) is 9.85 Å². The van der Waals surface area contributed by atoms with Crippen LogP contribution in [-0.4, -0.2) is 37.5 Å². The third kappa shape index (κ3) is 4.78. The zero-order valence-corrected chi connectivity index (χ0v) is 15.1. The molecule has 0 aliphatic heterocycles. The number of benzene rings is 2. The lowest BCUT2D eigenvalue weighted by Gasteiger charge is -2.00. The van der Waals surface area contributed by atoms with Crippen molar-refractivity contribution in [1.82, 2.24) is 4.98 Å². The van der Waals surface area contributed by atoms with Crippen LogP contribution in [-0.2, 0) is 0 Å². The Morgan fingerprint density at radius 2 is 1.20 bits per heavy atom. The molecule has 1 heterocycles. The molecule has 0 radical (unpaired) electrons. The molecular formula is C19H13N5O6. The summed E-state index contributed by atoms with van der Waals surface area (Å²) < 4.78 is 0. The molecule has 11 nitrogen and oxygen atoms in total. The van der Waals surface area contributed by atoms with Crippen molar-refractivity contribution in [3.8, 4) is 11.5 Å². The summed E-state index contributed by atoms with van der Waals surface area (Å²) in [6, 6.07) is 11.8. The molecule has 3 aromatic rings. The lowest BCUT2D eigenvalue weighted by atomic mass is 10.2. The number of phenols is 2. The van der Waals surface area contributed by atoms with Crippen molar-refractivity contribution in [1.29, 1.82) is 0 Å². The highest BCUT2D eigenvalue weighted by Crippen LogP contribution is 2.24. The summed E-state index contributed by atoms with van der Waals surface area (Å²) in [4.78, 5) is 32.8. The third-order valence-electron chi connectivity index (χ3n) is 3.84. The molecule has 0 saturated carbocycles. The highest BCUT2D eigenvalue weighted by Gasteiger charge is 2.10. The average Bonchev–Trinajstić information content (AvgIpc) is 2.72. The number of aromatic hydroxyl groups is 2. The molecule has 2 aromatic carbocycles. The predicted molar refractivity (Wildman–Crippen MR) is 108 cm³/mol. The van der Waals surface area contributed by atoms with E-state index in [4.69, 9.17) is 0 Å². The van der Waals surface area contributed by atoms with Gasteiger partial charge >= 0.3 is 0 Å². The van der Waals surface area contributed by atoms with Gasteiger partial charge < -0.3 is 10.2 Å². The number of rotatable bonds is 6. The molecule has 2 N–H and O–H groups in total. The minimum Gasteiger partial charge on any atom is -0.507 e. The van der Waals surface area contributed by atoms with Gasteiger partial charge in [-0.25, -0.2) is 15.0 Å².